The summed E-state index contributed by atoms with van der Waals surface area (Å²) in [5, 5.41) is 2.62. The number of thioether (sulfide) groups is 1. The molecule has 1 aromatic carbocycles. The Morgan fingerprint density at radius 1 is 1.20 bits per heavy atom. The largest absolute Gasteiger partial charge is 0.433 e. The molecule has 4 nitrogen and oxygen atoms in total. The number of rotatable bonds is 6. The summed E-state index contributed by atoms with van der Waals surface area (Å²) in [5.41, 5.74) is -0.826. The van der Waals surface area contributed by atoms with Crippen molar-refractivity contribution < 1.29 is 31.5 Å². The first-order valence-electron chi connectivity index (χ1n) is 6.75. The van der Waals surface area contributed by atoms with E-state index >= 15 is 0 Å². The summed E-state index contributed by atoms with van der Waals surface area (Å²) in [6, 6.07) is 7.66. The van der Waals surface area contributed by atoms with Gasteiger partial charge in [-0.1, -0.05) is 23.9 Å². The van der Waals surface area contributed by atoms with E-state index in [1.807, 2.05) is 0 Å². The number of benzene rings is 1. The Labute approximate surface area is 143 Å². The molecule has 0 atom stereocenters. The summed E-state index contributed by atoms with van der Waals surface area (Å²) in [6.45, 7) is -3.04. The highest BCUT2D eigenvalue weighted by Gasteiger charge is 2.30. The van der Waals surface area contributed by atoms with E-state index in [0.717, 1.165) is 23.9 Å². The average molecular weight is 378 g/mol. The quantitative estimate of drug-likeness (QED) is 0.597. The summed E-state index contributed by atoms with van der Waals surface area (Å²) >= 11 is 0.907. The number of hydrogen-bond acceptors (Lipinski definition) is 4. The van der Waals surface area contributed by atoms with Gasteiger partial charge in [0.15, 0.2) is 0 Å². The second-order valence-electron chi connectivity index (χ2n) is 4.59. The molecule has 0 radical (unpaired) electrons. The molecular formula is C15H11F5N2O2S. The third-order valence-electron chi connectivity index (χ3n) is 2.79. The molecule has 0 aliphatic rings. The molecule has 134 valence electrons. The highest BCUT2D eigenvalue weighted by molar-refractivity contribution is 7.99. The van der Waals surface area contributed by atoms with E-state index in [4.69, 9.17) is 0 Å². The van der Waals surface area contributed by atoms with Crippen LogP contribution < -0.4 is 10.1 Å². The third-order valence-corrected chi connectivity index (χ3v) is 3.74. The highest BCUT2D eigenvalue weighted by Crippen LogP contribution is 2.30. The molecule has 0 saturated carbocycles. The molecule has 0 unspecified atom stereocenters. The minimum Gasteiger partial charge on any atom is -0.433 e. The van der Waals surface area contributed by atoms with Crippen molar-refractivity contribution in [2.45, 2.75) is 17.8 Å². The number of hydrogen-bond donors (Lipinski definition) is 1. The van der Waals surface area contributed by atoms with Gasteiger partial charge in [-0.25, -0.2) is 4.98 Å². The van der Waals surface area contributed by atoms with Gasteiger partial charge in [-0.2, -0.15) is 22.0 Å². The number of carbonyl (C=O) groups excluding carboxylic acids is 1. The molecule has 0 bridgehead atoms. The Morgan fingerprint density at radius 3 is 2.52 bits per heavy atom. The molecule has 2 rings (SSSR count). The fourth-order valence-electron chi connectivity index (χ4n) is 1.73. The van der Waals surface area contributed by atoms with E-state index in [2.05, 4.69) is 15.0 Å². The molecule has 1 amide bonds. The molecule has 0 aliphatic carbocycles. The van der Waals surface area contributed by atoms with Crippen LogP contribution in [0.3, 0.4) is 0 Å². The zero-order chi connectivity index (χ0) is 18.4. The zero-order valence-electron chi connectivity index (χ0n) is 12.4. The summed E-state index contributed by atoms with van der Waals surface area (Å²) in [4.78, 5) is 15.5. The monoisotopic (exact) mass is 378 g/mol. The van der Waals surface area contributed by atoms with Crippen molar-refractivity contribution in [2.24, 2.45) is 0 Å². The lowest BCUT2D eigenvalue weighted by atomic mass is 10.3. The van der Waals surface area contributed by atoms with Gasteiger partial charge in [0, 0.05) is 6.20 Å². The van der Waals surface area contributed by atoms with Crippen molar-refractivity contribution >= 4 is 23.4 Å². The van der Waals surface area contributed by atoms with E-state index in [1.165, 1.54) is 24.3 Å². The van der Waals surface area contributed by atoms with Gasteiger partial charge in [0.05, 0.1) is 22.0 Å². The van der Waals surface area contributed by atoms with Gasteiger partial charge in [-0.15, -0.1) is 0 Å². The van der Waals surface area contributed by atoms with Gasteiger partial charge >= 0.3 is 12.8 Å². The zero-order valence-corrected chi connectivity index (χ0v) is 13.2. The van der Waals surface area contributed by atoms with Gasteiger partial charge in [0.25, 0.3) is 0 Å². The molecule has 1 N–H and O–H groups in total. The molecule has 1 aromatic heterocycles. The van der Waals surface area contributed by atoms with Crippen molar-refractivity contribution in [1.82, 2.24) is 4.98 Å². The van der Waals surface area contributed by atoms with Crippen molar-refractivity contribution in [1.29, 1.82) is 0 Å². The van der Waals surface area contributed by atoms with Crippen molar-refractivity contribution in [3.63, 3.8) is 0 Å². The van der Waals surface area contributed by atoms with Gasteiger partial charge in [0.1, 0.15) is 5.75 Å². The lowest BCUT2D eigenvalue weighted by Gasteiger charge is -2.11. The van der Waals surface area contributed by atoms with Crippen LogP contribution >= 0.6 is 11.8 Å². The Bertz CT molecular complexity index is 723. The van der Waals surface area contributed by atoms with Crippen LogP contribution in [0.15, 0.2) is 47.6 Å². The number of anilines is 1. The third kappa shape index (κ3) is 5.89. The summed E-state index contributed by atoms with van der Waals surface area (Å²) < 4.78 is 66.2. The number of para-hydroxylation sites is 2. The van der Waals surface area contributed by atoms with E-state index in [9.17, 15) is 26.7 Å². The molecule has 0 saturated heterocycles. The number of aromatic nitrogens is 1. The fourth-order valence-corrected chi connectivity index (χ4v) is 2.37. The number of nitrogens with one attached hydrogen (secondary N) is 1. The Morgan fingerprint density at radius 2 is 1.92 bits per heavy atom. The summed E-state index contributed by atoms with van der Waals surface area (Å²) in [5.74, 6) is -0.901. The van der Waals surface area contributed by atoms with E-state index in [-0.39, 0.29) is 22.2 Å². The second kappa shape index (κ2) is 8.15. The number of carbonyl (C=O) groups is 1. The van der Waals surface area contributed by atoms with Crippen LogP contribution in [0.25, 0.3) is 0 Å². The van der Waals surface area contributed by atoms with E-state index in [0.29, 0.717) is 6.20 Å². The number of ether oxygens (including phenoxy) is 1. The molecule has 0 spiro atoms. The summed E-state index contributed by atoms with van der Waals surface area (Å²) in [7, 11) is 0. The molecule has 2 aromatic rings. The Hall–Kier alpha value is -2.36. The maximum Gasteiger partial charge on any atom is 0.417 e. The van der Waals surface area contributed by atoms with Gasteiger partial charge < -0.3 is 10.1 Å². The molecule has 25 heavy (non-hydrogen) atoms. The second-order valence-corrected chi connectivity index (χ2v) is 5.59. The molecule has 0 fully saturated rings. The normalized spacial score (nSPS) is 11.4. The number of nitrogens with zero attached hydrogens (tertiary/aromatic N) is 1. The first-order valence-corrected chi connectivity index (χ1v) is 7.74. The van der Waals surface area contributed by atoms with Crippen molar-refractivity contribution in [2.75, 3.05) is 11.1 Å². The van der Waals surface area contributed by atoms with Crippen molar-refractivity contribution in [3.05, 3.63) is 48.2 Å². The predicted octanol–water partition coefficient (Wildman–Crippen LogP) is 4.43. The topological polar surface area (TPSA) is 51.2 Å². The number of pyridine rings is 1. The SMILES string of the molecule is O=C(CSc1ccc(C(F)(F)F)cn1)Nc1ccccc1OC(F)F. The minimum atomic E-state index is -4.48. The van der Waals surface area contributed by atoms with Gasteiger partial charge in [-0.05, 0) is 24.3 Å². The first-order chi connectivity index (χ1) is 11.8. The molecular weight excluding hydrogens is 367 g/mol. The number of halogens is 5. The minimum absolute atomic E-state index is 0.0637. The highest BCUT2D eigenvalue weighted by atomic mass is 32.2. The van der Waals surface area contributed by atoms with Crippen molar-refractivity contribution in [3.8, 4) is 5.75 Å². The number of alkyl halides is 5. The lowest BCUT2D eigenvalue weighted by Crippen LogP contribution is -2.15. The van der Waals surface area contributed by atoms with Crippen LogP contribution in [0.1, 0.15) is 5.56 Å². The van der Waals surface area contributed by atoms with Gasteiger partial charge in [0.2, 0.25) is 5.91 Å². The van der Waals surface area contributed by atoms with Crippen LogP contribution in [0.5, 0.6) is 5.75 Å². The lowest BCUT2D eigenvalue weighted by molar-refractivity contribution is -0.137. The first kappa shape index (κ1) is 19.0. The fraction of sp³-hybridized carbons (Fsp3) is 0.200. The maximum absolute atomic E-state index is 12.4. The smallest absolute Gasteiger partial charge is 0.417 e. The predicted molar refractivity (Wildman–Crippen MR) is 81.7 cm³/mol. The molecule has 10 heteroatoms. The average Bonchev–Trinajstić information content (AvgIpc) is 2.54. The Kier molecular flexibility index (Phi) is 6.18. The standard InChI is InChI=1S/C15H11F5N2O2S/c16-14(17)24-11-4-2-1-3-10(11)22-12(23)8-25-13-6-5-9(7-21-13)15(18,19)20/h1-7,14H,8H2,(H,22,23). The van der Waals surface area contributed by atoms with Crippen LogP contribution in [0.2, 0.25) is 0 Å². The van der Waals surface area contributed by atoms with Crippen LogP contribution in [0.4, 0.5) is 27.6 Å². The van der Waals surface area contributed by atoms with Crippen LogP contribution in [0, 0.1) is 0 Å². The Balaban J connectivity index is 1.93. The molecule has 1 heterocycles. The van der Waals surface area contributed by atoms with Gasteiger partial charge in [-0.3, -0.25) is 4.79 Å². The molecule has 0 aliphatic heterocycles. The maximum atomic E-state index is 12.4. The summed E-state index contributed by atoms with van der Waals surface area (Å²) in [6.07, 6.45) is -3.81. The van der Waals surface area contributed by atoms with Crippen LogP contribution in [-0.2, 0) is 11.0 Å². The van der Waals surface area contributed by atoms with E-state index in [1.54, 1.807) is 0 Å². The van der Waals surface area contributed by atoms with Crippen LogP contribution in [-0.4, -0.2) is 23.3 Å². The van der Waals surface area contributed by atoms with E-state index < -0.39 is 24.3 Å². The number of amides is 1.